The van der Waals surface area contributed by atoms with Crippen molar-refractivity contribution in [2.45, 2.75) is 71.0 Å². The third kappa shape index (κ3) is 2.01. The fourth-order valence-electron chi connectivity index (χ4n) is 7.54. The Bertz CT molecular complexity index is 621. The number of fused-ring (bicyclic) bond motifs is 6. The van der Waals surface area contributed by atoms with Gasteiger partial charge >= 0.3 is 0 Å². The number of Topliss-reactive ketones (excluding diaryl/α,β-unsaturated/α-hetero) is 2. The van der Waals surface area contributed by atoms with Crippen LogP contribution in [-0.2, 0) is 19.1 Å². The Morgan fingerprint density at radius 2 is 1.72 bits per heavy atom. The highest BCUT2D eigenvalue weighted by atomic mass is 16.7. The molecule has 0 unspecified atom stereocenters. The molecular weight excluding hydrogens is 316 g/mol. The van der Waals surface area contributed by atoms with E-state index in [2.05, 4.69) is 13.8 Å². The molecule has 4 nitrogen and oxygen atoms in total. The maximum absolute atomic E-state index is 12.7. The molecule has 25 heavy (non-hydrogen) atoms. The van der Waals surface area contributed by atoms with E-state index in [1.54, 1.807) is 0 Å². The first-order valence-electron chi connectivity index (χ1n) is 10.2. The number of hydrogen-bond donors (Lipinski definition) is 0. The highest BCUT2D eigenvalue weighted by Gasteiger charge is 2.68. The van der Waals surface area contributed by atoms with E-state index in [0.717, 1.165) is 44.9 Å². The number of ketones is 2. The average Bonchev–Trinajstić information content (AvgIpc) is 3.16. The molecule has 5 rings (SSSR count). The van der Waals surface area contributed by atoms with Gasteiger partial charge in [-0.3, -0.25) is 9.59 Å². The first-order valence-corrected chi connectivity index (χ1v) is 10.2. The molecule has 6 atom stereocenters. The van der Waals surface area contributed by atoms with Gasteiger partial charge < -0.3 is 9.47 Å². The summed E-state index contributed by atoms with van der Waals surface area (Å²) >= 11 is 0. The molecule has 1 heterocycles. The summed E-state index contributed by atoms with van der Waals surface area (Å²) in [4.78, 5) is 24.9. The Kier molecular flexibility index (Phi) is 3.39. The highest BCUT2D eigenvalue weighted by Crippen LogP contribution is 2.68. The average molecular weight is 346 g/mol. The molecule has 5 fully saturated rings. The molecule has 0 aromatic carbocycles. The lowest BCUT2D eigenvalue weighted by molar-refractivity contribution is -0.292. The van der Waals surface area contributed by atoms with Gasteiger partial charge in [0.05, 0.1) is 13.2 Å². The fraction of sp³-hybridized carbons (Fsp3) is 0.905. The standard InChI is InChI=1S/C21H30O4/c1-19-7-5-14(22)11-13(19)12-21(24-9-10-25-21)18-15-3-4-17(23)20(15,2)8-6-16(18)19/h13,15-16,18H,3-12H2,1-2H3/t13-,15+,16-,18+,19+,20+/m1/s1. The van der Waals surface area contributed by atoms with Gasteiger partial charge in [0.15, 0.2) is 5.79 Å². The van der Waals surface area contributed by atoms with Gasteiger partial charge in [-0.05, 0) is 48.9 Å². The maximum Gasteiger partial charge on any atom is 0.172 e. The summed E-state index contributed by atoms with van der Waals surface area (Å²) in [6.45, 7) is 5.92. The topological polar surface area (TPSA) is 52.6 Å². The second-order valence-electron chi connectivity index (χ2n) is 9.82. The van der Waals surface area contributed by atoms with Gasteiger partial charge in [-0.25, -0.2) is 0 Å². The molecule has 138 valence electrons. The summed E-state index contributed by atoms with van der Waals surface area (Å²) in [7, 11) is 0. The number of rotatable bonds is 0. The Balaban J connectivity index is 1.60. The number of carbonyl (C=O) groups excluding carboxylic acids is 2. The first kappa shape index (κ1) is 16.4. The maximum atomic E-state index is 12.7. The van der Waals surface area contributed by atoms with Crippen molar-refractivity contribution in [1.82, 2.24) is 0 Å². The molecule has 4 aliphatic carbocycles. The van der Waals surface area contributed by atoms with Gasteiger partial charge in [-0.15, -0.1) is 0 Å². The van der Waals surface area contributed by atoms with E-state index in [9.17, 15) is 9.59 Å². The summed E-state index contributed by atoms with van der Waals surface area (Å²) in [5.41, 5.74) is 0.0171. The molecule has 5 aliphatic rings. The van der Waals surface area contributed by atoms with Gasteiger partial charge in [0.25, 0.3) is 0 Å². The van der Waals surface area contributed by atoms with E-state index >= 15 is 0 Å². The van der Waals surface area contributed by atoms with E-state index in [0.29, 0.717) is 54.9 Å². The van der Waals surface area contributed by atoms with Crippen LogP contribution in [0.2, 0.25) is 0 Å². The summed E-state index contributed by atoms with van der Waals surface area (Å²) in [5.74, 6) is 1.91. The highest BCUT2D eigenvalue weighted by molar-refractivity contribution is 5.87. The van der Waals surface area contributed by atoms with Crippen molar-refractivity contribution in [3.8, 4) is 0 Å². The van der Waals surface area contributed by atoms with E-state index in [1.807, 2.05) is 0 Å². The van der Waals surface area contributed by atoms with Crippen LogP contribution in [-0.4, -0.2) is 30.6 Å². The third-order valence-electron chi connectivity index (χ3n) is 8.99. The van der Waals surface area contributed by atoms with Gasteiger partial charge in [0.1, 0.15) is 11.6 Å². The number of ether oxygens (including phenoxy) is 2. The largest absolute Gasteiger partial charge is 0.347 e. The van der Waals surface area contributed by atoms with Crippen molar-refractivity contribution in [3.05, 3.63) is 0 Å². The fourth-order valence-corrected chi connectivity index (χ4v) is 7.54. The molecule has 0 N–H and O–H groups in total. The minimum Gasteiger partial charge on any atom is -0.347 e. The van der Waals surface area contributed by atoms with Gasteiger partial charge in [-0.2, -0.15) is 0 Å². The van der Waals surface area contributed by atoms with Crippen molar-refractivity contribution in [3.63, 3.8) is 0 Å². The third-order valence-corrected chi connectivity index (χ3v) is 8.99. The van der Waals surface area contributed by atoms with Crippen LogP contribution in [0, 0.1) is 34.5 Å². The summed E-state index contributed by atoms with van der Waals surface area (Å²) in [6.07, 6.45) is 7.07. The van der Waals surface area contributed by atoms with Crippen LogP contribution in [0.1, 0.15) is 65.2 Å². The van der Waals surface area contributed by atoms with Gasteiger partial charge in [-0.1, -0.05) is 13.8 Å². The van der Waals surface area contributed by atoms with E-state index in [1.165, 1.54) is 0 Å². The predicted molar refractivity (Wildman–Crippen MR) is 91.8 cm³/mol. The Morgan fingerprint density at radius 1 is 0.960 bits per heavy atom. The molecule has 4 saturated carbocycles. The Morgan fingerprint density at radius 3 is 2.48 bits per heavy atom. The van der Waals surface area contributed by atoms with E-state index in [-0.39, 0.29) is 10.8 Å². The number of hydrogen-bond acceptors (Lipinski definition) is 4. The molecule has 1 aliphatic heterocycles. The van der Waals surface area contributed by atoms with Crippen LogP contribution >= 0.6 is 0 Å². The lowest BCUT2D eigenvalue weighted by Gasteiger charge is -2.63. The smallest absolute Gasteiger partial charge is 0.172 e. The zero-order chi connectivity index (χ0) is 17.4. The second-order valence-corrected chi connectivity index (χ2v) is 9.82. The van der Waals surface area contributed by atoms with E-state index < -0.39 is 5.79 Å². The second kappa shape index (κ2) is 5.16. The first-order chi connectivity index (χ1) is 11.9. The Labute approximate surface area is 150 Å². The molecule has 0 aromatic heterocycles. The van der Waals surface area contributed by atoms with Gasteiger partial charge in [0, 0.05) is 37.0 Å². The quantitative estimate of drug-likeness (QED) is 0.673. The molecular formula is C21H30O4. The molecule has 1 saturated heterocycles. The zero-order valence-electron chi connectivity index (χ0n) is 15.5. The lowest BCUT2D eigenvalue weighted by Crippen LogP contribution is -2.63. The Hall–Kier alpha value is -0.740. The predicted octanol–water partition coefficient (Wildman–Crippen LogP) is 3.52. The summed E-state index contributed by atoms with van der Waals surface area (Å²) in [6, 6.07) is 0. The van der Waals surface area contributed by atoms with E-state index in [4.69, 9.17) is 9.47 Å². The SMILES string of the molecule is C[C@]12CCC(=O)C[C@@H]1CC1(OCCO1)[C@@H]1[C@H]2CC[C@]2(C)C(=O)CC[C@@H]12. The van der Waals surface area contributed by atoms with Crippen LogP contribution in [0.5, 0.6) is 0 Å². The molecule has 0 bridgehead atoms. The minimum atomic E-state index is -0.538. The monoisotopic (exact) mass is 346 g/mol. The van der Waals surface area contributed by atoms with Crippen molar-refractivity contribution < 1.29 is 19.1 Å². The molecule has 0 aromatic rings. The lowest BCUT2D eigenvalue weighted by atomic mass is 9.43. The molecule has 4 heteroatoms. The molecule has 0 amide bonds. The van der Waals surface area contributed by atoms with Crippen molar-refractivity contribution in [2.24, 2.45) is 34.5 Å². The van der Waals surface area contributed by atoms with Crippen LogP contribution in [0.3, 0.4) is 0 Å². The minimum absolute atomic E-state index is 0.183. The molecule has 1 spiro atoms. The number of carbonyl (C=O) groups is 2. The van der Waals surface area contributed by atoms with Crippen LogP contribution in [0.25, 0.3) is 0 Å². The van der Waals surface area contributed by atoms with Gasteiger partial charge in [0.2, 0.25) is 0 Å². The van der Waals surface area contributed by atoms with Crippen LogP contribution in [0.15, 0.2) is 0 Å². The zero-order valence-corrected chi connectivity index (χ0v) is 15.5. The van der Waals surface area contributed by atoms with Crippen molar-refractivity contribution in [2.75, 3.05) is 13.2 Å². The van der Waals surface area contributed by atoms with Crippen LogP contribution < -0.4 is 0 Å². The molecule has 0 radical (unpaired) electrons. The van der Waals surface area contributed by atoms with Crippen molar-refractivity contribution >= 4 is 11.6 Å². The normalized spacial score (nSPS) is 51.3. The van der Waals surface area contributed by atoms with Crippen molar-refractivity contribution in [1.29, 1.82) is 0 Å². The summed E-state index contributed by atoms with van der Waals surface area (Å²) < 4.78 is 12.6. The van der Waals surface area contributed by atoms with Crippen LogP contribution in [0.4, 0.5) is 0 Å². The summed E-state index contributed by atoms with van der Waals surface area (Å²) in [5, 5.41) is 0.